The van der Waals surface area contributed by atoms with Crippen molar-refractivity contribution < 1.29 is 14.3 Å². The smallest absolute Gasteiger partial charge is 0.312 e. The first-order valence-electron chi connectivity index (χ1n) is 6.00. The first kappa shape index (κ1) is 12.6. The summed E-state index contributed by atoms with van der Waals surface area (Å²) in [5.74, 6) is -0.168. The standard InChI is InChI=1S/C12H19IO3/c1-8-10(13)9(11(14)15-2)12(16-8)6-4-3-5-7-12/h8-10H,3-7H2,1-2H3/t8-,9+,10-/m0/s1. The second kappa shape index (κ2) is 4.80. The number of alkyl halides is 1. The summed E-state index contributed by atoms with van der Waals surface area (Å²) in [6.07, 6.45) is 5.78. The molecule has 0 radical (unpaired) electrons. The van der Waals surface area contributed by atoms with Gasteiger partial charge in [0.25, 0.3) is 0 Å². The van der Waals surface area contributed by atoms with Gasteiger partial charge < -0.3 is 9.47 Å². The van der Waals surface area contributed by atoms with Crippen molar-refractivity contribution in [2.45, 2.75) is 54.7 Å². The first-order valence-corrected chi connectivity index (χ1v) is 7.25. The molecule has 1 spiro atoms. The van der Waals surface area contributed by atoms with E-state index >= 15 is 0 Å². The molecule has 0 aromatic heterocycles. The lowest BCUT2D eigenvalue weighted by molar-refractivity contribution is -0.155. The lowest BCUT2D eigenvalue weighted by Gasteiger charge is -2.36. The summed E-state index contributed by atoms with van der Waals surface area (Å²) in [4.78, 5) is 11.9. The van der Waals surface area contributed by atoms with Crippen molar-refractivity contribution >= 4 is 28.6 Å². The molecule has 3 atom stereocenters. The molecule has 1 saturated carbocycles. The number of ether oxygens (including phenoxy) is 2. The van der Waals surface area contributed by atoms with E-state index in [2.05, 4.69) is 29.5 Å². The van der Waals surface area contributed by atoms with Crippen LogP contribution >= 0.6 is 22.6 Å². The van der Waals surface area contributed by atoms with Crippen LogP contribution < -0.4 is 0 Å². The fraction of sp³-hybridized carbons (Fsp3) is 0.917. The summed E-state index contributed by atoms with van der Waals surface area (Å²) in [6, 6.07) is 0. The molecule has 0 aromatic carbocycles. The van der Waals surface area contributed by atoms with Gasteiger partial charge in [-0.1, -0.05) is 41.9 Å². The zero-order valence-electron chi connectivity index (χ0n) is 9.87. The van der Waals surface area contributed by atoms with Gasteiger partial charge in [-0.25, -0.2) is 0 Å². The Labute approximate surface area is 110 Å². The van der Waals surface area contributed by atoms with Gasteiger partial charge in [-0.05, 0) is 19.8 Å². The monoisotopic (exact) mass is 338 g/mol. The maximum absolute atomic E-state index is 11.9. The van der Waals surface area contributed by atoms with E-state index in [-0.39, 0.29) is 27.5 Å². The molecule has 0 amide bonds. The van der Waals surface area contributed by atoms with Crippen molar-refractivity contribution in [3.63, 3.8) is 0 Å². The molecule has 1 saturated heterocycles. The fourth-order valence-electron chi connectivity index (χ4n) is 3.12. The van der Waals surface area contributed by atoms with Gasteiger partial charge in [0.15, 0.2) is 0 Å². The lowest BCUT2D eigenvalue weighted by Crippen LogP contribution is -2.44. The van der Waals surface area contributed by atoms with Crippen molar-refractivity contribution in [3.05, 3.63) is 0 Å². The van der Waals surface area contributed by atoms with Gasteiger partial charge in [0, 0.05) is 0 Å². The Balaban J connectivity index is 2.24. The number of hydrogen-bond donors (Lipinski definition) is 0. The topological polar surface area (TPSA) is 35.5 Å². The highest BCUT2D eigenvalue weighted by molar-refractivity contribution is 14.1. The van der Waals surface area contributed by atoms with Gasteiger partial charge in [-0.15, -0.1) is 0 Å². The molecule has 3 nitrogen and oxygen atoms in total. The SMILES string of the molecule is COC(=O)[C@H]1[C@@H](I)[C@H](C)OC12CCCCC2. The summed E-state index contributed by atoms with van der Waals surface area (Å²) in [6.45, 7) is 2.07. The van der Waals surface area contributed by atoms with E-state index in [4.69, 9.17) is 9.47 Å². The van der Waals surface area contributed by atoms with Crippen LogP contribution in [0.4, 0.5) is 0 Å². The molecule has 0 bridgehead atoms. The Morgan fingerprint density at radius 2 is 2.00 bits per heavy atom. The van der Waals surface area contributed by atoms with Crippen LogP contribution in [-0.4, -0.2) is 28.7 Å². The van der Waals surface area contributed by atoms with Crippen LogP contribution in [-0.2, 0) is 14.3 Å². The van der Waals surface area contributed by atoms with Gasteiger partial charge in [0.2, 0.25) is 0 Å². The molecule has 1 aliphatic carbocycles. The molecule has 0 unspecified atom stereocenters. The van der Waals surface area contributed by atoms with E-state index in [0.29, 0.717) is 0 Å². The van der Waals surface area contributed by atoms with Crippen molar-refractivity contribution in [3.8, 4) is 0 Å². The van der Waals surface area contributed by atoms with Gasteiger partial charge in [0.05, 0.1) is 22.7 Å². The highest BCUT2D eigenvalue weighted by Gasteiger charge is 2.56. The summed E-state index contributed by atoms with van der Waals surface area (Å²) < 4.78 is 11.3. The molecule has 1 aliphatic heterocycles. The molecule has 1 heterocycles. The summed E-state index contributed by atoms with van der Waals surface area (Å²) in [5.41, 5.74) is -0.226. The quantitative estimate of drug-likeness (QED) is 0.419. The maximum atomic E-state index is 11.9. The lowest BCUT2D eigenvalue weighted by atomic mass is 9.75. The van der Waals surface area contributed by atoms with E-state index < -0.39 is 0 Å². The average Bonchev–Trinajstić information content (AvgIpc) is 2.51. The maximum Gasteiger partial charge on any atom is 0.312 e. The number of carbonyl (C=O) groups is 1. The summed E-state index contributed by atoms with van der Waals surface area (Å²) in [7, 11) is 1.48. The van der Waals surface area contributed by atoms with E-state index in [1.165, 1.54) is 26.4 Å². The van der Waals surface area contributed by atoms with E-state index in [1.807, 2.05) is 0 Å². The van der Waals surface area contributed by atoms with E-state index in [0.717, 1.165) is 12.8 Å². The highest BCUT2D eigenvalue weighted by atomic mass is 127. The van der Waals surface area contributed by atoms with E-state index in [1.54, 1.807) is 0 Å². The number of halogens is 1. The minimum absolute atomic E-state index is 0.0756. The molecule has 16 heavy (non-hydrogen) atoms. The minimum Gasteiger partial charge on any atom is -0.469 e. The van der Waals surface area contributed by atoms with Crippen molar-refractivity contribution in [2.24, 2.45) is 5.92 Å². The number of hydrogen-bond acceptors (Lipinski definition) is 3. The van der Waals surface area contributed by atoms with Gasteiger partial charge in [-0.3, -0.25) is 4.79 Å². The number of esters is 1. The third-order valence-electron chi connectivity index (χ3n) is 3.91. The molecule has 4 heteroatoms. The molecule has 92 valence electrons. The van der Waals surface area contributed by atoms with Crippen LogP contribution in [0.25, 0.3) is 0 Å². The third kappa shape index (κ3) is 1.98. The fourth-order valence-corrected chi connectivity index (χ4v) is 4.22. The highest BCUT2D eigenvalue weighted by Crippen LogP contribution is 2.49. The second-order valence-electron chi connectivity index (χ2n) is 4.89. The molecule has 2 rings (SSSR count). The Hall–Kier alpha value is 0.160. The predicted molar refractivity (Wildman–Crippen MR) is 69.7 cm³/mol. The van der Waals surface area contributed by atoms with E-state index in [9.17, 15) is 4.79 Å². The summed E-state index contributed by atoms with van der Waals surface area (Å²) >= 11 is 2.35. The number of carbonyl (C=O) groups excluding carboxylic acids is 1. The van der Waals surface area contributed by atoms with Gasteiger partial charge >= 0.3 is 5.97 Å². The minimum atomic E-state index is -0.226. The molecular weight excluding hydrogens is 319 g/mol. The molecule has 2 aliphatic rings. The van der Waals surface area contributed by atoms with Crippen LogP contribution in [0, 0.1) is 5.92 Å². The first-order chi connectivity index (χ1) is 7.60. The van der Waals surface area contributed by atoms with Crippen molar-refractivity contribution in [1.82, 2.24) is 0 Å². The largest absolute Gasteiger partial charge is 0.469 e. The van der Waals surface area contributed by atoms with Crippen molar-refractivity contribution in [1.29, 1.82) is 0 Å². The molecule has 0 N–H and O–H groups in total. The Morgan fingerprint density at radius 3 is 2.56 bits per heavy atom. The molecular formula is C12H19IO3. The van der Waals surface area contributed by atoms with Gasteiger partial charge in [0.1, 0.15) is 5.92 Å². The van der Waals surface area contributed by atoms with Crippen LogP contribution in [0.5, 0.6) is 0 Å². The summed E-state index contributed by atoms with van der Waals surface area (Å²) in [5, 5.41) is 0. The van der Waals surface area contributed by atoms with Crippen molar-refractivity contribution in [2.75, 3.05) is 7.11 Å². The molecule has 2 fully saturated rings. The number of rotatable bonds is 1. The Morgan fingerprint density at radius 1 is 1.38 bits per heavy atom. The number of methoxy groups -OCH3 is 1. The predicted octanol–water partition coefficient (Wildman–Crippen LogP) is 2.70. The van der Waals surface area contributed by atoms with Crippen LogP contribution in [0.2, 0.25) is 0 Å². The van der Waals surface area contributed by atoms with Crippen LogP contribution in [0.15, 0.2) is 0 Å². The normalized spacial score (nSPS) is 37.6. The molecule has 0 aromatic rings. The Kier molecular flexibility index (Phi) is 3.79. The van der Waals surface area contributed by atoms with Crippen LogP contribution in [0.1, 0.15) is 39.0 Å². The average molecular weight is 338 g/mol. The third-order valence-corrected chi connectivity index (χ3v) is 5.64. The zero-order valence-corrected chi connectivity index (χ0v) is 12.0. The van der Waals surface area contributed by atoms with Gasteiger partial charge in [-0.2, -0.15) is 0 Å². The zero-order chi connectivity index (χ0) is 11.8. The van der Waals surface area contributed by atoms with Crippen LogP contribution in [0.3, 0.4) is 0 Å². The second-order valence-corrected chi connectivity index (χ2v) is 6.33. The Bertz CT molecular complexity index is 273.